The first-order valence-corrected chi connectivity index (χ1v) is 6.57. The molecular formula is C16H20O2. The molecule has 0 heterocycles. The smallest absolute Gasteiger partial charge is 0.302 e. The molecule has 0 fully saturated rings. The molecule has 1 aliphatic rings. The van der Waals surface area contributed by atoms with Crippen LogP contribution in [0.25, 0.3) is 5.57 Å². The van der Waals surface area contributed by atoms with Gasteiger partial charge in [-0.3, -0.25) is 4.79 Å². The number of carbonyl (C=O) groups is 1. The van der Waals surface area contributed by atoms with Gasteiger partial charge in [-0.05, 0) is 37.3 Å². The van der Waals surface area contributed by atoms with Crippen LogP contribution in [0.4, 0.5) is 0 Å². The number of aryl methyl sites for hydroxylation is 1. The highest BCUT2D eigenvalue weighted by molar-refractivity contribution is 5.69. The predicted octanol–water partition coefficient (Wildman–Crippen LogP) is 3.74. The maximum absolute atomic E-state index is 10.9. The van der Waals surface area contributed by atoms with E-state index in [1.165, 1.54) is 30.0 Å². The SMILES string of the molecule is CC(=O)OCC1CCCC=C1c1ccc(C)cc1. The standard InChI is InChI=1S/C16H20O2/c1-12-7-9-14(10-8-12)16-6-4-3-5-15(16)11-18-13(2)17/h6-10,15H,3-5,11H2,1-2H3. The van der Waals surface area contributed by atoms with Crippen LogP contribution in [0.5, 0.6) is 0 Å². The minimum absolute atomic E-state index is 0.191. The Labute approximate surface area is 109 Å². The Balaban J connectivity index is 2.14. The minimum atomic E-state index is -0.191. The number of hydrogen-bond donors (Lipinski definition) is 0. The van der Waals surface area contributed by atoms with E-state index in [-0.39, 0.29) is 5.97 Å². The molecule has 0 bridgehead atoms. The van der Waals surface area contributed by atoms with Gasteiger partial charge in [0.25, 0.3) is 0 Å². The number of carbonyl (C=O) groups excluding carboxylic acids is 1. The number of esters is 1. The predicted molar refractivity (Wildman–Crippen MR) is 73.1 cm³/mol. The van der Waals surface area contributed by atoms with Gasteiger partial charge >= 0.3 is 5.97 Å². The molecule has 2 nitrogen and oxygen atoms in total. The average molecular weight is 244 g/mol. The molecule has 0 N–H and O–H groups in total. The van der Waals surface area contributed by atoms with Crippen LogP contribution in [0.2, 0.25) is 0 Å². The molecule has 1 unspecified atom stereocenters. The molecule has 96 valence electrons. The van der Waals surface area contributed by atoms with Gasteiger partial charge in [0.1, 0.15) is 0 Å². The molecule has 1 aliphatic carbocycles. The van der Waals surface area contributed by atoms with Gasteiger partial charge in [-0.1, -0.05) is 35.9 Å². The summed E-state index contributed by atoms with van der Waals surface area (Å²) < 4.78 is 5.18. The van der Waals surface area contributed by atoms with Gasteiger partial charge < -0.3 is 4.74 Å². The lowest BCUT2D eigenvalue weighted by Crippen LogP contribution is -2.16. The van der Waals surface area contributed by atoms with Crippen LogP contribution in [-0.4, -0.2) is 12.6 Å². The van der Waals surface area contributed by atoms with Crippen molar-refractivity contribution in [3.63, 3.8) is 0 Å². The monoisotopic (exact) mass is 244 g/mol. The Morgan fingerprint density at radius 3 is 2.72 bits per heavy atom. The number of rotatable bonds is 3. The van der Waals surface area contributed by atoms with Crippen LogP contribution < -0.4 is 0 Å². The first kappa shape index (κ1) is 12.9. The van der Waals surface area contributed by atoms with Crippen molar-refractivity contribution >= 4 is 11.5 Å². The number of benzene rings is 1. The summed E-state index contributed by atoms with van der Waals surface area (Å²) >= 11 is 0. The van der Waals surface area contributed by atoms with Crippen LogP contribution in [0.15, 0.2) is 30.3 Å². The van der Waals surface area contributed by atoms with E-state index in [1.54, 1.807) is 0 Å². The number of ether oxygens (including phenoxy) is 1. The van der Waals surface area contributed by atoms with Crippen molar-refractivity contribution in [1.29, 1.82) is 0 Å². The van der Waals surface area contributed by atoms with Gasteiger partial charge in [0.2, 0.25) is 0 Å². The highest BCUT2D eigenvalue weighted by atomic mass is 16.5. The molecule has 0 radical (unpaired) electrons. The zero-order valence-corrected chi connectivity index (χ0v) is 11.1. The summed E-state index contributed by atoms with van der Waals surface area (Å²) in [4.78, 5) is 10.9. The summed E-state index contributed by atoms with van der Waals surface area (Å²) in [6, 6.07) is 8.59. The van der Waals surface area contributed by atoms with Crippen LogP contribution in [-0.2, 0) is 9.53 Å². The van der Waals surface area contributed by atoms with Crippen LogP contribution in [0, 0.1) is 12.8 Å². The van der Waals surface area contributed by atoms with E-state index in [9.17, 15) is 4.79 Å². The second kappa shape index (κ2) is 5.85. The van der Waals surface area contributed by atoms with Crippen LogP contribution in [0.1, 0.15) is 37.3 Å². The van der Waals surface area contributed by atoms with E-state index < -0.39 is 0 Å². The lowest BCUT2D eigenvalue weighted by molar-refractivity contribution is -0.141. The fraction of sp³-hybridized carbons (Fsp3) is 0.438. The lowest BCUT2D eigenvalue weighted by atomic mass is 9.84. The Hall–Kier alpha value is -1.57. The molecule has 18 heavy (non-hydrogen) atoms. The molecule has 0 spiro atoms. The average Bonchev–Trinajstić information content (AvgIpc) is 2.38. The third-order valence-corrected chi connectivity index (χ3v) is 3.43. The molecule has 0 amide bonds. The zero-order chi connectivity index (χ0) is 13.0. The summed E-state index contributed by atoms with van der Waals surface area (Å²) in [6.45, 7) is 4.07. The Morgan fingerprint density at radius 2 is 2.06 bits per heavy atom. The Bertz CT molecular complexity index is 443. The van der Waals surface area contributed by atoms with Gasteiger partial charge in [0.15, 0.2) is 0 Å². The molecule has 1 atom stereocenters. The lowest BCUT2D eigenvalue weighted by Gasteiger charge is -2.24. The second-order valence-corrected chi connectivity index (χ2v) is 4.96. The van der Waals surface area contributed by atoms with Crippen molar-refractivity contribution < 1.29 is 9.53 Å². The molecule has 0 aromatic heterocycles. The summed E-state index contributed by atoms with van der Waals surface area (Å²) in [5, 5.41) is 0. The van der Waals surface area contributed by atoms with E-state index in [2.05, 4.69) is 37.3 Å². The van der Waals surface area contributed by atoms with Gasteiger partial charge in [-0.15, -0.1) is 0 Å². The third-order valence-electron chi connectivity index (χ3n) is 3.43. The van der Waals surface area contributed by atoms with Gasteiger partial charge in [-0.2, -0.15) is 0 Å². The quantitative estimate of drug-likeness (QED) is 0.757. The minimum Gasteiger partial charge on any atom is -0.465 e. The fourth-order valence-corrected chi connectivity index (χ4v) is 2.43. The zero-order valence-electron chi connectivity index (χ0n) is 11.1. The molecule has 0 saturated carbocycles. The van der Waals surface area contributed by atoms with Crippen LogP contribution >= 0.6 is 0 Å². The maximum atomic E-state index is 10.9. The number of hydrogen-bond acceptors (Lipinski definition) is 2. The normalized spacial score (nSPS) is 19.2. The summed E-state index contributed by atoms with van der Waals surface area (Å²) in [5.74, 6) is 0.161. The Morgan fingerprint density at radius 1 is 1.33 bits per heavy atom. The Kier molecular flexibility index (Phi) is 4.19. The molecule has 0 aliphatic heterocycles. The van der Waals surface area contributed by atoms with Crippen molar-refractivity contribution in [1.82, 2.24) is 0 Å². The maximum Gasteiger partial charge on any atom is 0.302 e. The summed E-state index contributed by atoms with van der Waals surface area (Å²) in [5.41, 5.74) is 3.87. The first-order valence-electron chi connectivity index (χ1n) is 6.57. The van der Waals surface area contributed by atoms with E-state index in [4.69, 9.17) is 4.74 Å². The highest BCUT2D eigenvalue weighted by Crippen LogP contribution is 2.32. The van der Waals surface area contributed by atoms with E-state index in [1.807, 2.05) is 0 Å². The topological polar surface area (TPSA) is 26.3 Å². The van der Waals surface area contributed by atoms with Crippen LogP contribution in [0.3, 0.4) is 0 Å². The molecule has 2 heteroatoms. The molecule has 1 aromatic rings. The van der Waals surface area contributed by atoms with E-state index in [0.29, 0.717) is 12.5 Å². The van der Waals surface area contributed by atoms with Gasteiger partial charge in [0, 0.05) is 12.8 Å². The van der Waals surface area contributed by atoms with Crippen molar-refractivity contribution in [3.05, 3.63) is 41.5 Å². The molecule has 0 saturated heterocycles. The third kappa shape index (κ3) is 3.22. The van der Waals surface area contributed by atoms with Crippen molar-refractivity contribution in [2.45, 2.75) is 33.1 Å². The van der Waals surface area contributed by atoms with Crippen molar-refractivity contribution in [2.24, 2.45) is 5.92 Å². The van der Waals surface area contributed by atoms with Gasteiger partial charge in [0.05, 0.1) is 6.61 Å². The second-order valence-electron chi connectivity index (χ2n) is 4.96. The van der Waals surface area contributed by atoms with Gasteiger partial charge in [-0.25, -0.2) is 0 Å². The molecular weight excluding hydrogens is 224 g/mol. The molecule has 2 rings (SSSR count). The van der Waals surface area contributed by atoms with Crippen molar-refractivity contribution in [3.8, 4) is 0 Å². The number of allylic oxidation sites excluding steroid dienone is 1. The summed E-state index contributed by atoms with van der Waals surface area (Å²) in [6.07, 6.45) is 5.70. The van der Waals surface area contributed by atoms with Crippen molar-refractivity contribution in [2.75, 3.05) is 6.61 Å². The largest absolute Gasteiger partial charge is 0.465 e. The first-order chi connectivity index (χ1) is 8.66. The van der Waals surface area contributed by atoms with E-state index in [0.717, 1.165) is 12.8 Å². The fourth-order valence-electron chi connectivity index (χ4n) is 2.43. The highest BCUT2D eigenvalue weighted by Gasteiger charge is 2.20. The van der Waals surface area contributed by atoms with E-state index >= 15 is 0 Å². The molecule has 1 aromatic carbocycles. The summed E-state index contributed by atoms with van der Waals surface area (Å²) in [7, 11) is 0.